The molecule has 2 aromatic rings. The number of nitrogens with two attached hydrogens (primary N) is 1. The quantitative estimate of drug-likeness (QED) is 0.329. The van der Waals surface area contributed by atoms with Crippen LogP contribution in [0.2, 0.25) is 5.02 Å². The number of oxime groups is 1. The highest BCUT2D eigenvalue weighted by Gasteiger charge is 2.08. The van der Waals surface area contributed by atoms with E-state index in [0.717, 1.165) is 5.56 Å². The lowest BCUT2D eigenvalue weighted by atomic mass is 10.1. The standard InChI is InChI=1S/C14H12BrClFN3O/c15-11-5-10(17)6-12(16)13(11)19-7-8-2-1-3-9(4-8)14(18)20-21/h1-6,19,21H,7H2,(H2,18,20). The molecule has 0 aliphatic carbocycles. The molecule has 7 heteroatoms. The van der Waals surface area contributed by atoms with E-state index in [1.807, 2.05) is 6.07 Å². The Kier molecular flexibility index (Phi) is 5.03. The summed E-state index contributed by atoms with van der Waals surface area (Å²) in [5.41, 5.74) is 7.67. The fourth-order valence-electron chi connectivity index (χ4n) is 1.80. The SMILES string of the molecule is N/C(=N/O)c1cccc(CNc2c(Cl)cc(F)cc2Br)c1. The lowest BCUT2D eigenvalue weighted by molar-refractivity contribution is 0.318. The third-order valence-corrected chi connectivity index (χ3v) is 3.73. The molecule has 4 nitrogen and oxygen atoms in total. The Morgan fingerprint density at radius 2 is 2.14 bits per heavy atom. The van der Waals surface area contributed by atoms with E-state index in [0.29, 0.717) is 22.3 Å². The van der Waals surface area contributed by atoms with Crippen molar-refractivity contribution in [3.63, 3.8) is 0 Å². The highest BCUT2D eigenvalue weighted by atomic mass is 79.9. The minimum absolute atomic E-state index is 0.0397. The summed E-state index contributed by atoms with van der Waals surface area (Å²) in [6.45, 7) is 0.455. The molecule has 2 aromatic carbocycles. The smallest absolute Gasteiger partial charge is 0.170 e. The maximum Gasteiger partial charge on any atom is 0.170 e. The van der Waals surface area contributed by atoms with E-state index in [2.05, 4.69) is 26.4 Å². The van der Waals surface area contributed by atoms with Crippen molar-refractivity contribution < 1.29 is 9.60 Å². The van der Waals surface area contributed by atoms with Crippen molar-refractivity contribution >= 4 is 39.1 Å². The zero-order valence-electron chi connectivity index (χ0n) is 10.8. The Balaban J connectivity index is 2.17. The van der Waals surface area contributed by atoms with Gasteiger partial charge in [-0.1, -0.05) is 35.0 Å². The number of nitrogens with one attached hydrogen (secondary N) is 1. The summed E-state index contributed by atoms with van der Waals surface area (Å²) in [5, 5.41) is 15.0. The molecule has 0 spiro atoms. The van der Waals surface area contributed by atoms with Gasteiger partial charge in [-0.2, -0.15) is 0 Å². The fraction of sp³-hybridized carbons (Fsp3) is 0.0714. The molecular weight excluding hydrogens is 361 g/mol. The van der Waals surface area contributed by atoms with E-state index in [-0.39, 0.29) is 10.9 Å². The number of rotatable bonds is 4. The van der Waals surface area contributed by atoms with Gasteiger partial charge in [-0.3, -0.25) is 0 Å². The Bertz CT molecular complexity index is 671. The van der Waals surface area contributed by atoms with Gasteiger partial charge < -0.3 is 16.3 Å². The van der Waals surface area contributed by atoms with Gasteiger partial charge in [-0.15, -0.1) is 0 Å². The average Bonchev–Trinajstić information content (AvgIpc) is 2.45. The van der Waals surface area contributed by atoms with Crippen LogP contribution < -0.4 is 11.1 Å². The fourth-order valence-corrected chi connectivity index (χ4v) is 2.76. The van der Waals surface area contributed by atoms with Gasteiger partial charge in [0.25, 0.3) is 0 Å². The van der Waals surface area contributed by atoms with Crippen molar-refractivity contribution in [2.45, 2.75) is 6.54 Å². The van der Waals surface area contributed by atoms with E-state index >= 15 is 0 Å². The largest absolute Gasteiger partial charge is 0.409 e. The maximum atomic E-state index is 13.2. The summed E-state index contributed by atoms with van der Waals surface area (Å²) in [6.07, 6.45) is 0. The van der Waals surface area contributed by atoms with E-state index in [9.17, 15) is 4.39 Å². The van der Waals surface area contributed by atoms with Crippen molar-refractivity contribution in [2.24, 2.45) is 10.9 Å². The summed E-state index contributed by atoms with van der Waals surface area (Å²) in [7, 11) is 0. The van der Waals surface area contributed by atoms with Gasteiger partial charge in [-0.05, 0) is 39.7 Å². The van der Waals surface area contributed by atoms with Crippen LogP contribution in [0.5, 0.6) is 0 Å². The number of hydrogen-bond donors (Lipinski definition) is 3. The zero-order valence-corrected chi connectivity index (χ0v) is 13.1. The second-order valence-electron chi connectivity index (χ2n) is 4.28. The van der Waals surface area contributed by atoms with E-state index in [1.165, 1.54) is 12.1 Å². The number of halogens is 3. The van der Waals surface area contributed by atoms with Crippen LogP contribution in [0, 0.1) is 5.82 Å². The molecule has 0 radical (unpaired) electrons. The third-order valence-electron chi connectivity index (χ3n) is 2.81. The van der Waals surface area contributed by atoms with Gasteiger partial charge in [0, 0.05) is 16.6 Å². The van der Waals surface area contributed by atoms with Crippen LogP contribution in [0.4, 0.5) is 10.1 Å². The van der Waals surface area contributed by atoms with Crippen LogP contribution >= 0.6 is 27.5 Å². The topological polar surface area (TPSA) is 70.6 Å². The number of amidine groups is 1. The molecule has 4 N–H and O–H groups in total. The predicted octanol–water partition coefficient (Wildman–Crippen LogP) is 3.95. The monoisotopic (exact) mass is 371 g/mol. The van der Waals surface area contributed by atoms with Gasteiger partial charge in [0.15, 0.2) is 5.84 Å². The van der Waals surface area contributed by atoms with Crippen molar-refractivity contribution in [1.29, 1.82) is 0 Å². The molecule has 0 aromatic heterocycles. The molecule has 0 atom stereocenters. The highest BCUT2D eigenvalue weighted by molar-refractivity contribution is 9.10. The van der Waals surface area contributed by atoms with Crippen LogP contribution in [0.15, 0.2) is 46.0 Å². The van der Waals surface area contributed by atoms with Gasteiger partial charge in [0.2, 0.25) is 0 Å². The Hall–Kier alpha value is -1.79. The Labute approximate surface area is 134 Å². The van der Waals surface area contributed by atoms with Crippen molar-refractivity contribution in [1.82, 2.24) is 0 Å². The molecule has 0 fully saturated rings. The third kappa shape index (κ3) is 3.86. The van der Waals surface area contributed by atoms with Gasteiger partial charge in [-0.25, -0.2) is 4.39 Å². The maximum absolute atomic E-state index is 13.2. The van der Waals surface area contributed by atoms with Crippen LogP contribution in [-0.4, -0.2) is 11.0 Å². The first kappa shape index (κ1) is 15.6. The molecule has 2 rings (SSSR count). The molecule has 0 unspecified atom stereocenters. The molecular formula is C14H12BrClFN3O. The number of hydrogen-bond acceptors (Lipinski definition) is 3. The lowest BCUT2D eigenvalue weighted by Crippen LogP contribution is -2.13. The van der Waals surface area contributed by atoms with Crippen LogP contribution in [0.3, 0.4) is 0 Å². The first-order chi connectivity index (χ1) is 10.0. The van der Waals surface area contributed by atoms with Crippen molar-refractivity contribution in [3.05, 3.63) is 62.8 Å². The first-order valence-corrected chi connectivity index (χ1v) is 7.13. The predicted molar refractivity (Wildman–Crippen MR) is 85.4 cm³/mol. The van der Waals surface area contributed by atoms with Crippen molar-refractivity contribution in [3.8, 4) is 0 Å². The number of anilines is 1. The summed E-state index contributed by atoms with van der Waals surface area (Å²) >= 11 is 9.26. The molecule has 0 aliphatic heterocycles. The molecule has 110 valence electrons. The normalized spacial score (nSPS) is 11.5. The minimum atomic E-state index is -0.411. The molecule has 0 saturated heterocycles. The average molecular weight is 373 g/mol. The lowest BCUT2D eigenvalue weighted by Gasteiger charge is -2.11. The van der Waals surface area contributed by atoms with Crippen molar-refractivity contribution in [2.75, 3.05) is 5.32 Å². The molecule has 0 saturated carbocycles. The van der Waals surface area contributed by atoms with Crippen LogP contribution in [0.25, 0.3) is 0 Å². The summed E-state index contributed by atoms with van der Waals surface area (Å²) in [5.74, 6) is -0.371. The highest BCUT2D eigenvalue weighted by Crippen LogP contribution is 2.32. The summed E-state index contributed by atoms with van der Waals surface area (Å²) in [4.78, 5) is 0. The Morgan fingerprint density at radius 3 is 2.81 bits per heavy atom. The number of nitrogens with zero attached hydrogens (tertiary/aromatic N) is 1. The first-order valence-electron chi connectivity index (χ1n) is 5.96. The zero-order chi connectivity index (χ0) is 15.4. The summed E-state index contributed by atoms with van der Waals surface area (Å²) in [6, 6.07) is 9.77. The van der Waals surface area contributed by atoms with Crippen LogP contribution in [-0.2, 0) is 6.54 Å². The second kappa shape index (κ2) is 6.78. The van der Waals surface area contributed by atoms with E-state index in [4.69, 9.17) is 22.5 Å². The second-order valence-corrected chi connectivity index (χ2v) is 5.55. The summed E-state index contributed by atoms with van der Waals surface area (Å²) < 4.78 is 13.7. The van der Waals surface area contributed by atoms with Crippen LogP contribution in [0.1, 0.15) is 11.1 Å². The van der Waals surface area contributed by atoms with E-state index < -0.39 is 5.82 Å². The molecule has 0 aliphatic rings. The van der Waals surface area contributed by atoms with Gasteiger partial charge in [0.05, 0.1) is 10.7 Å². The minimum Gasteiger partial charge on any atom is -0.409 e. The molecule has 21 heavy (non-hydrogen) atoms. The van der Waals surface area contributed by atoms with Gasteiger partial charge >= 0.3 is 0 Å². The Morgan fingerprint density at radius 1 is 1.38 bits per heavy atom. The van der Waals surface area contributed by atoms with Gasteiger partial charge in [0.1, 0.15) is 5.82 Å². The molecule has 0 bridgehead atoms. The van der Waals surface area contributed by atoms with E-state index in [1.54, 1.807) is 18.2 Å². The molecule has 0 amide bonds. The number of benzene rings is 2. The molecule has 0 heterocycles.